The van der Waals surface area contributed by atoms with E-state index in [1.165, 1.54) is 0 Å². The third kappa shape index (κ3) is 2.49. The molecule has 0 spiro atoms. The van der Waals surface area contributed by atoms with Crippen LogP contribution >= 0.6 is 0 Å². The van der Waals surface area contributed by atoms with Crippen LogP contribution in [-0.4, -0.2) is 37.6 Å². The molecule has 0 atom stereocenters. The maximum absolute atomic E-state index is 8.70. The van der Waals surface area contributed by atoms with Gasteiger partial charge in [-0.2, -0.15) is 5.26 Å². The summed E-state index contributed by atoms with van der Waals surface area (Å²) in [5.41, 5.74) is -0.143. The predicted molar refractivity (Wildman–Crippen MR) is 44.1 cm³/mol. The summed E-state index contributed by atoms with van der Waals surface area (Å²) < 4.78 is 0. The van der Waals surface area contributed by atoms with Gasteiger partial charge in [-0.05, 0) is 26.9 Å². The lowest BCUT2D eigenvalue weighted by Crippen LogP contribution is -2.35. The van der Waals surface area contributed by atoms with Crippen LogP contribution in [0, 0.1) is 11.3 Å². The largest absolute Gasteiger partial charge is 0.308 e. The molecule has 0 heterocycles. The molecular formula is C8H15N3. The Labute approximate surface area is 68.0 Å². The van der Waals surface area contributed by atoms with Crippen molar-refractivity contribution in [3.8, 4) is 6.07 Å². The minimum atomic E-state index is -0.143. The number of hydrogen-bond donors (Lipinski definition) is 1. The van der Waals surface area contributed by atoms with Crippen LogP contribution in [0.1, 0.15) is 12.8 Å². The molecule has 0 unspecified atom stereocenters. The molecule has 0 aromatic carbocycles. The normalized spacial score (nSPS) is 19.8. The fourth-order valence-electron chi connectivity index (χ4n) is 0.972. The first-order valence-electron chi connectivity index (χ1n) is 3.99. The van der Waals surface area contributed by atoms with Crippen molar-refractivity contribution >= 4 is 0 Å². The number of likely N-dealkylation sites (N-methyl/N-ethyl adjacent to an activating group) is 1. The number of rotatable bonds is 4. The molecule has 1 aliphatic carbocycles. The first kappa shape index (κ1) is 8.51. The smallest absolute Gasteiger partial charge is 0.107 e. The molecule has 3 nitrogen and oxygen atoms in total. The van der Waals surface area contributed by atoms with E-state index in [0.29, 0.717) is 0 Å². The summed E-state index contributed by atoms with van der Waals surface area (Å²) in [5, 5.41) is 11.9. The molecule has 0 aromatic heterocycles. The summed E-state index contributed by atoms with van der Waals surface area (Å²) in [5.74, 6) is 0. The van der Waals surface area contributed by atoms with E-state index in [9.17, 15) is 0 Å². The molecule has 1 rings (SSSR count). The maximum atomic E-state index is 8.70. The van der Waals surface area contributed by atoms with Crippen LogP contribution in [0.25, 0.3) is 0 Å². The van der Waals surface area contributed by atoms with Gasteiger partial charge in [0.2, 0.25) is 0 Å². The van der Waals surface area contributed by atoms with Crippen molar-refractivity contribution in [1.82, 2.24) is 10.2 Å². The number of hydrogen-bond acceptors (Lipinski definition) is 3. The summed E-state index contributed by atoms with van der Waals surface area (Å²) in [4.78, 5) is 2.11. The Hall–Kier alpha value is -0.590. The Balaban J connectivity index is 2.09. The van der Waals surface area contributed by atoms with Crippen molar-refractivity contribution in [2.45, 2.75) is 18.4 Å². The molecule has 0 bridgehead atoms. The molecule has 1 N–H and O–H groups in total. The molecule has 0 aromatic rings. The zero-order valence-corrected chi connectivity index (χ0v) is 7.22. The zero-order chi connectivity index (χ0) is 8.32. The second kappa shape index (κ2) is 3.21. The standard InChI is InChI=1S/C8H15N3/c1-11(2)6-5-10-8(7-9)3-4-8/h10H,3-6H2,1-2H3. The predicted octanol–water partition coefficient (Wildman–Crippen LogP) is 0.194. The van der Waals surface area contributed by atoms with E-state index in [-0.39, 0.29) is 5.54 Å². The highest BCUT2D eigenvalue weighted by Crippen LogP contribution is 2.33. The summed E-state index contributed by atoms with van der Waals surface area (Å²) in [7, 11) is 4.07. The summed E-state index contributed by atoms with van der Waals surface area (Å²) in [6, 6.07) is 2.30. The molecule has 0 radical (unpaired) electrons. The van der Waals surface area contributed by atoms with Gasteiger partial charge in [0.15, 0.2) is 0 Å². The molecule has 1 fully saturated rings. The second-order valence-electron chi connectivity index (χ2n) is 3.42. The van der Waals surface area contributed by atoms with E-state index in [1.54, 1.807) is 0 Å². The summed E-state index contributed by atoms with van der Waals surface area (Å²) in [6.07, 6.45) is 2.05. The molecule has 0 aliphatic heterocycles. The van der Waals surface area contributed by atoms with E-state index in [2.05, 4.69) is 16.3 Å². The van der Waals surface area contributed by atoms with Crippen molar-refractivity contribution in [2.24, 2.45) is 0 Å². The van der Waals surface area contributed by atoms with Gasteiger partial charge < -0.3 is 4.90 Å². The Bertz CT molecular complexity index is 165. The minimum Gasteiger partial charge on any atom is -0.308 e. The molecule has 11 heavy (non-hydrogen) atoms. The molecule has 3 heteroatoms. The van der Waals surface area contributed by atoms with Crippen molar-refractivity contribution in [2.75, 3.05) is 27.2 Å². The quantitative estimate of drug-likeness (QED) is 0.627. The minimum absolute atomic E-state index is 0.143. The van der Waals surface area contributed by atoms with Gasteiger partial charge in [0, 0.05) is 13.1 Å². The Morgan fingerprint density at radius 1 is 1.55 bits per heavy atom. The van der Waals surface area contributed by atoms with Crippen LogP contribution in [0.4, 0.5) is 0 Å². The lowest BCUT2D eigenvalue weighted by Gasteiger charge is -2.12. The van der Waals surface area contributed by atoms with E-state index >= 15 is 0 Å². The lowest BCUT2D eigenvalue weighted by atomic mass is 10.3. The average Bonchev–Trinajstić information content (AvgIpc) is 2.69. The van der Waals surface area contributed by atoms with Crippen LogP contribution in [0.3, 0.4) is 0 Å². The summed E-state index contributed by atoms with van der Waals surface area (Å²) in [6.45, 7) is 1.92. The van der Waals surface area contributed by atoms with Crippen molar-refractivity contribution < 1.29 is 0 Å². The van der Waals surface area contributed by atoms with Gasteiger partial charge in [-0.15, -0.1) is 0 Å². The van der Waals surface area contributed by atoms with E-state index in [4.69, 9.17) is 5.26 Å². The maximum Gasteiger partial charge on any atom is 0.107 e. The Kier molecular flexibility index (Phi) is 2.48. The number of nitrogens with zero attached hydrogens (tertiary/aromatic N) is 2. The topological polar surface area (TPSA) is 39.1 Å². The van der Waals surface area contributed by atoms with Gasteiger partial charge in [-0.1, -0.05) is 0 Å². The van der Waals surface area contributed by atoms with Crippen molar-refractivity contribution in [1.29, 1.82) is 5.26 Å². The Morgan fingerprint density at radius 2 is 2.18 bits per heavy atom. The van der Waals surface area contributed by atoms with Crippen LogP contribution in [0.5, 0.6) is 0 Å². The van der Waals surface area contributed by atoms with Gasteiger partial charge in [-0.25, -0.2) is 0 Å². The second-order valence-corrected chi connectivity index (χ2v) is 3.42. The number of nitrogens with one attached hydrogen (secondary N) is 1. The van der Waals surface area contributed by atoms with Crippen LogP contribution in [-0.2, 0) is 0 Å². The highest BCUT2D eigenvalue weighted by atomic mass is 15.1. The Morgan fingerprint density at radius 3 is 2.55 bits per heavy atom. The van der Waals surface area contributed by atoms with Gasteiger partial charge >= 0.3 is 0 Å². The zero-order valence-electron chi connectivity index (χ0n) is 7.22. The summed E-state index contributed by atoms with van der Waals surface area (Å²) >= 11 is 0. The van der Waals surface area contributed by atoms with Gasteiger partial charge in [-0.3, -0.25) is 5.32 Å². The average molecular weight is 153 g/mol. The van der Waals surface area contributed by atoms with Crippen molar-refractivity contribution in [3.63, 3.8) is 0 Å². The van der Waals surface area contributed by atoms with Crippen LogP contribution < -0.4 is 5.32 Å². The first-order chi connectivity index (χ1) is 5.18. The molecule has 1 aliphatic rings. The molecule has 1 saturated carbocycles. The third-order valence-electron chi connectivity index (χ3n) is 1.99. The number of nitriles is 1. The van der Waals surface area contributed by atoms with Gasteiger partial charge in [0.1, 0.15) is 5.54 Å². The monoisotopic (exact) mass is 153 g/mol. The highest BCUT2D eigenvalue weighted by Gasteiger charge is 2.42. The van der Waals surface area contributed by atoms with Gasteiger partial charge in [0.05, 0.1) is 6.07 Å². The molecular weight excluding hydrogens is 138 g/mol. The highest BCUT2D eigenvalue weighted by molar-refractivity contribution is 5.18. The fourth-order valence-corrected chi connectivity index (χ4v) is 0.972. The lowest BCUT2D eigenvalue weighted by molar-refractivity contribution is 0.391. The molecule has 62 valence electrons. The molecule has 0 amide bonds. The van der Waals surface area contributed by atoms with E-state index < -0.39 is 0 Å². The van der Waals surface area contributed by atoms with Gasteiger partial charge in [0.25, 0.3) is 0 Å². The third-order valence-corrected chi connectivity index (χ3v) is 1.99. The SMILES string of the molecule is CN(C)CCNC1(C#N)CC1. The van der Waals surface area contributed by atoms with E-state index in [0.717, 1.165) is 25.9 Å². The van der Waals surface area contributed by atoms with Crippen LogP contribution in [0.2, 0.25) is 0 Å². The van der Waals surface area contributed by atoms with Crippen molar-refractivity contribution in [3.05, 3.63) is 0 Å². The first-order valence-corrected chi connectivity index (χ1v) is 3.99. The van der Waals surface area contributed by atoms with Crippen LogP contribution in [0.15, 0.2) is 0 Å². The molecule has 0 saturated heterocycles. The van der Waals surface area contributed by atoms with E-state index in [1.807, 2.05) is 14.1 Å². The fraction of sp³-hybridized carbons (Fsp3) is 0.875.